The van der Waals surface area contributed by atoms with Crippen molar-refractivity contribution in [2.45, 2.75) is 18.9 Å². The van der Waals surface area contributed by atoms with Crippen molar-refractivity contribution in [2.75, 3.05) is 13.1 Å². The van der Waals surface area contributed by atoms with Gasteiger partial charge in [0.15, 0.2) is 0 Å². The second-order valence-electron chi connectivity index (χ2n) is 7.86. The lowest BCUT2D eigenvalue weighted by molar-refractivity contribution is 0.0757. The number of nitrogens with zero attached hydrogens (tertiary/aromatic N) is 4. The van der Waals surface area contributed by atoms with Gasteiger partial charge in [0.05, 0.1) is 5.69 Å². The minimum Gasteiger partial charge on any atom is -0.490 e. The van der Waals surface area contributed by atoms with Crippen molar-refractivity contribution < 1.29 is 13.9 Å². The Bertz CT molecular complexity index is 1060. The summed E-state index contributed by atoms with van der Waals surface area (Å²) < 4.78 is 19.5. The normalized spacial score (nSPS) is 22.7. The van der Waals surface area contributed by atoms with Crippen LogP contribution in [0.15, 0.2) is 61.2 Å². The van der Waals surface area contributed by atoms with Crippen LogP contribution in [0.4, 0.5) is 4.39 Å². The molecule has 3 atom stereocenters. The number of fused-ring (bicyclic) bond motifs is 1. The second-order valence-corrected chi connectivity index (χ2v) is 7.86. The number of carbonyl (C=O) groups is 1. The zero-order chi connectivity index (χ0) is 20.5. The van der Waals surface area contributed by atoms with Crippen LogP contribution < -0.4 is 4.74 Å². The first kappa shape index (κ1) is 18.7. The molecule has 2 aromatic heterocycles. The van der Waals surface area contributed by atoms with Crippen LogP contribution in [0.3, 0.4) is 0 Å². The Morgan fingerprint density at radius 1 is 1.07 bits per heavy atom. The van der Waals surface area contributed by atoms with Crippen molar-refractivity contribution in [3.8, 4) is 17.0 Å². The molecule has 2 aliphatic rings. The average Bonchev–Trinajstić information content (AvgIpc) is 3.36. The molecule has 1 aliphatic carbocycles. The van der Waals surface area contributed by atoms with Crippen LogP contribution in [0.5, 0.6) is 5.75 Å². The van der Waals surface area contributed by atoms with E-state index in [2.05, 4.69) is 15.0 Å². The molecule has 1 saturated carbocycles. The van der Waals surface area contributed by atoms with Crippen molar-refractivity contribution in [1.82, 2.24) is 19.9 Å². The van der Waals surface area contributed by atoms with Crippen LogP contribution in [0.25, 0.3) is 11.3 Å². The summed E-state index contributed by atoms with van der Waals surface area (Å²) in [6, 6.07) is 11.7. The Labute approximate surface area is 173 Å². The first-order chi connectivity index (χ1) is 14.7. The largest absolute Gasteiger partial charge is 0.490 e. The molecule has 0 spiro atoms. The molecule has 1 amide bonds. The van der Waals surface area contributed by atoms with Crippen LogP contribution in [-0.4, -0.2) is 45.0 Å². The summed E-state index contributed by atoms with van der Waals surface area (Å²) >= 11 is 0. The molecule has 2 fully saturated rings. The van der Waals surface area contributed by atoms with Gasteiger partial charge in [0.25, 0.3) is 5.91 Å². The third kappa shape index (κ3) is 3.63. The Hall–Kier alpha value is -3.35. The van der Waals surface area contributed by atoms with Crippen LogP contribution >= 0.6 is 0 Å². The van der Waals surface area contributed by atoms with Gasteiger partial charge in [-0.3, -0.25) is 4.79 Å². The number of carbonyl (C=O) groups excluding carboxylic acids is 1. The monoisotopic (exact) mass is 404 g/mol. The van der Waals surface area contributed by atoms with Gasteiger partial charge in [-0.1, -0.05) is 12.1 Å². The van der Waals surface area contributed by atoms with Crippen LogP contribution in [0, 0.1) is 17.7 Å². The molecule has 152 valence electrons. The van der Waals surface area contributed by atoms with Crippen molar-refractivity contribution in [3.63, 3.8) is 0 Å². The van der Waals surface area contributed by atoms with E-state index in [1.165, 1.54) is 18.5 Å². The predicted molar refractivity (Wildman–Crippen MR) is 108 cm³/mol. The first-order valence-electron chi connectivity index (χ1n) is 10.1. The Morgan fingerprint density at radius 3 is 2.73 bits per heavy atom. The summed E-state index contributed by atoms with van der Waals surface area (Å²) in [6.07, 6.45) is 6.74. The van der Waals surface area contributed by atoms with Crippen molar-refractivity contribution >= 4 is 5.91 Å². The fourth-order valence-electron chi connectivity index (χ4n) is 4.55. The van der Waals surface area contributed by atoms with Crippen LogP contribution in [0.2, 0.25) is 0 Å². The minimum atomic E-state index is -0.306. The minimum absolute atomic E-state index is 0.00430. The molecule has 1 aliphatic heterocycles. The number of likely N-dealkylation sites (tertiary alicyclic amines) is 1. The van der Waals surface area contributed by atoms with Gasteiger partial charge in [-0.25, -0.2) is 19.3 Å². The van der Waals surface area contributed by atoms with Crippen LogP contribution in [-0.2, 0) is 0 Å². The molecule has 0 unspecified atom stereocenters. The zero-order valence-electron chi connectivity index (χ0n) is 16.3. The Morgan fingerprint density at radius 2 is 1.90 bits per heavy atom. The summed E-state index contributed by atoms with van der Waals surface area (Å²) in [6.45, 7) is 1.33. The quantitative estimate of drug-likeness (QED) is 0.665. The lowest BCUT2D eigenvalue weighted by Gasteiger charge is -2.22. The first-order valence-corrected chi connectivity index (χ1v) is 10.1. The van der Waals surface area contributed by atoms with Gasteiger partial charge < -0.3 is 9.64 Å². The van der Waals surface area contributed by atoms with E-state index in [4.69, 9.17) is 4.74 Å². The molecule has 3 heterocycles. The second kappa shape index (κ2) is 7.82. The molecular weight excluding hydrogens is 383 g/mol. The topological polar surface area (TPSA) is 68.2 Å². The van der Waals surface area contributed by atoms with Gasteiger partial charge in [-0.05, 0) is 43.0 Å². The van der Waals surface area contributed by atoms with Crippen LogP contribution in [0.1, 0.15) is 23.3 Å². The van der Waals surface area contributed by atoms with E-state index in [0.717, 1.165) is 18.4 Å². The Balaban J connectivity index is 1.29. The molecule has 3 aromatic rings. The van der Waals surface area contributed by atoms with Gasteiger partial charge in [-0.15, -0.1) is 0 Å². The maximum absolute atomic E-state index is 13.5. The number of rotatable bonds is 4. The van der Waals surface area contributed by atoms with Gasteiger partial charge in [-0.2, -0.15) is 0 Å². The number of pyridine rings is 1. The highest BCUT2D eigenvalue weighted by molar-refractivity contribution is 5.93. The van der Waals surface area contributed by atoms with E-state index in [9.17, 15) is 9.18 Å². The smallest absolute Gasteiger partial charge is 0.272 e. The number of amides is 1. The number of hydrogen-bond acceptors (Lipinski definition) is 5. The fraction of sp³-hybridized carbons (Fsp3) is 0.304. The third-order valence-corrected chi connectivity index (χ3v) is 5.99. The fourth-order valence-corrected chi connectivity index (χ4v) is 4.55. The summed E-state index contributed by atoms with van der Waals surface area (Å²) in [5, 5.41) is 0. The van der Waals surface area contributed by atoms with E-state index in [1.807, 2.05) is 17.0 Å². The standard InChI is InChI=1S/C23H21FN4O2/c24-17-3-1-4-18(9-17)30-22-8-7-15-12-28(13-19(15)22)23(29)21-6-2-5-20(27-21)16-10-25-14-26-11-16/h1-6,9-11,14-15,19,22H,7-8,12-13H2/t15-,19+,22-/m0/s1. The summed E-state index contributed by atoms with van der Waals surface area (Å²) in [5.74, 6) is 0.818. The third-order valence-electron chi connectivity index (χ3n) is 5.99. The number of aromatic nitrogens is 3. The van der Waals surface area contributed by atoms with Gasteiger partial charge in [0.2, 0.25) is 0 Å². The van der Waals surface area contributed by atoms with Gasteiger partial charge >= 0.3 is 0 Å². The molecule has 0 N–H and O–H groups in total. The maximum atomic E-state index is 13.5. The van der Waals surface area contributed by atoms with E-state index < -0.39 is 0 Å². The maximum Gasteiger partial charge on any atom is 0.272 e. The highest BCUT2D eigenvalue weighted by atomic mass is 19.1. The average molecular weight is 404 g/mol. The molecule has 1 aromatic carbocycles. The number of hydrogen-bond donors (Lipinski definition) is 0. The van der Waals surface area contributed by atoms with E-state index >= 15 is 0 Å². The van der Waals surface area contributed by atoms with Gasteiger partial charge in [0, 0.05) is 43.0 Å². The molecular formula is C23H21FN4O2. The summed E-state index contributed by atoms with van der Waals surface area (Å²) in [4.78, 5) is 27.5. The van der Waals surface area contributed by atoms with Gasteiger partial charge in [0.1, 0.15) is 29.7 Å². The van der Waals surface area contributed by atoms with Crippen molar-refractivity contribution in [1.29, 1.82) is 0 Å². The number of benzene rings is 1. The lowest BCUT2D eigenvalue weighted by Crippen LogP contribution is -2.33. The lowest BCUT2D eigenvalue weighted by atomic mass is 9.99. The van der Waals surface area contributed by atoms with Crippen molar-refractivity contribution in [2.24, 2.45) is 11.8 Å². The summed E-state index contributed by atoms with van der Waals surface area (Å²) in [7, 11) is 0. The van der Waals surface area contributed by atoms with E-state index in [-0.39, 0.29) is 23.7 Å². The molecule has 6 nitrogen and oxygen atoms in total. The molecule has 7 heteroatoms. The molecule has 0 bridgehead atoms. The highest BCUT2D eigenvalue weighted by Gasteiger charge is 2.45. The molecule has 1 saturated heterocycles. The van der Waals surface area contributed by atoms with Crippen molar-refractivity contribution in [3.05, 3.63) is 72.7 Å². The predicted octanol–water partition coefficient (Wildman–Crippen LogP) is 3.61. The molecule has 0 radical (unpaired) electrons. The zero-order valence-corrected chi connectivity index (χ0v) is 16.3. The van der Waals surface area contributed by atoms with E-state index in [0.29, 0.717) is 36.1 Å². The Kier molecular flexibility index (Phi) is 4.86. The number of ether oxygens (including phenoxy) is 1. The number of halogens is 1. The SMILES string of the molecule is O=C(c1cccc(-c2cncnc2)n1)N1C[C@@H]2CC[C@H](Oc3cccc(F)c3)[C@@H]2C1. The molecule has 30 heavy (non-hydrogen) atoms. The molecule has 5 rings (SSSR count). The highest BCUT2D eigenvalue weighted by Crippen LogP contribution is 2.40. The van der Waals surface area contributed by atoms with E-state index in [1.54, 1.807) is 30.6 Å². The summed E-state index contributed by atoms with van der Waals surface area (Å²) in [5.41, 5.74) is 1.86.